The fourth-order valence-corrected chi connectivity index (χ4v) is 1.57. The smallest absolute Gasteiger partial charge is 0.340 e. The molecule has 3 nitrogen and oxygen atoms in total. The Kier molecular flexibility index (Phi) is 8.46. The first-order valence-electron chi connectivity index (χ1n) is 4.64. The van der Waals surface area contributed by atoms with E-state index in [2.05, 4.69) is 27.3 Å². The Hall–Kier alpha value is 0.0900. The lowest BCUT2D eigenvalue weighted by atomic mass is 10.2. The van der Waals surface area contributed by atoms with Gasteiger partial charge in [0.05, 0.1) is 13.2 Å². The number of esters is 1. The summed E-state index contributed by atoms with van der Waals surface area (Å²) in [4.78, 5) is 10.9. The van der Waals surface area contributed by atoms with Crippen LogP contribution in [-0.4, -0.2) is 35.9 Å². The van der Waals surface area contributed by atoms with E-state index in [0.29, 0.717) is 13.2 Å². The second-order valence-electron chi connectivity index (χ2n) is 2.71. The first-order valence-corrected chi connectivity index (χ1v) is 5.88. The van der Waals surface area contributed by atoms with Gasteiger partial charge in [0.25, 0.3) is 0 Å². The molecular formula is C9H16FIO3. The molecule has 0 heterocycles. The van der Waals surface area contributed by atoms with Crippen LogP contribution in [0.25, 0.3) is 0 Å². The first-order chi connectivity index (χ1) is 6.61. The van der Waals surface area contributed by atoms with E-state index >= 15 is 0 Å². The maximum Gasteiger partial charge on any atom is 0.340 e. The lowest BCUT2D eigenvalue weighted by Gasteiger charge is -2.12. The van der Waals surface area contributed by atoms with Gasteiger partial charge in [-0.05, 0) is 13.8 Å². The van der Waals surface area contributed by atoms with E-state index in [0.717, 1.165) is 0 Å². The lowest BCUT2D eigenvalue weighted by molar-refractivity contribution is -0.149. The maximum atomic E-state index is 13.1. The molecule has 2 unspecified atom stereocenters. The minimum Gasteiger partial charge on any atom is -0.464 e. The normalized spacial score (nSPS) is 14.9. The third-order valence-corrected chi connectivity index (χ3v) is 2.38. The number of hydrogen-bond donors (Lipinski definition) is 0. The van der Waals surface area contributed by atoms with Gasteiger partial charge in [-0.15, -0.1) is 0 Å². The fourth-order valence-electron chi connectivity index (χ4n) is 0.867. The van der Waals surface area contributed by atoms with Crippen LogP contribution in [0.3, 0.4) is 0 Å². The summed E-state index contributed by atoms with van der Waals surface area (Å²) in [5.41, 5.74) is 0. The van der Waals surface area contributed by atoms with Gasteiger partial charge in [-0.25, -0.2) is 9.18 Å². The molecule has 0 aliphatic heterocycles. The van der Waals surface area contributed by atoms with Crippen molar-refractivity contribution in [3.63, 3.8) is 0 Å². The van der Waals surface area contributed by atoms with E-state index in [1.165, 1.54) is 0 Å². The Balaban J connectivity index is 3.68. The highest BCUT2D eigenvalue weighted by molar-refractivity contribution is 14.1. The molecule has 0 aromatic rings. The molecule has 84 valence electrons. The van der Waals surface area contributed by atoms with Gasteiger partial charge in [0.1, 0.15) is 0 Å². The SMILES string of the molecule is CCOCC(I)CC(F)C(=O)OCC. The zero-order chi connectivity index (χ0) is 11.0. The van der Waals surface area contributed by atoms with Crippen molar-refractivity contribution in [2.45, 2.75) is 30.4 Å². The van der Waals surface area contributed by atoms with Gasteiger partial charge < -0.3 is 9.47 Å². The summed E-state index contributed by atoms with van der Waals surface area (Å²) in [6, 6.07) is 0. The molecule has 5 heteroatoms. The highest BCUT2D eigenvalue weighted by atomic mass is 127. The van der Waals surface area contributed by atoms with Gasteiger partial charge in [0.15, 0.2) is 6.17 Å². The van der Waals surface area contributed by atoms with Crippen LogP contribution in [-0.2, 0) is 14.3 Å². The molecule has 2 atom stereocenters. The summed E-state index contributed by atoms with van der Waals surface area (Å²) in [5, 5.41) is 0. The molecule has 0 radical (unpaired) electrons. The van der Waals surface area contributed by atoms with Crippen molar-refractivity contribution in [3.05, 3.63) is 0 Å². The maximum absolute atomic E-state index is 13.1. The summed E-state index contributed by atoms with van der Waals surface area (Å²) in [6.07, 6.45) is -1.38. The number of alkyl halides is 2. The van der Waals surface area contributed by atoms with Gasteiger partial charge in [0.2, 0.25) is 0 Å². The third-order valence-electron chi connectivity index (χ3n) is 1.51. The topological polar surface area (TPSA) is 35.5 Å². The Labute approximate surface area is 97.5 Å². The molecule has 0 fully saturated rings. The summed E-state index contributed by atoms with van der Waals surface area (Å²) in [6.45, 7) is 4.83. The molecule has 0 bridgehead atoms. The first kappa shape index (κ1) is 14.1. The van der Waals surface area contributed by atoms with Crippen LogP contribution in [0.1, 0.15) is 20.3 Å². The molecule has 0 saturated carbocycles. The quantitative estimate of drug-likeness (QED) is 0.410. The van der Waals surface area contributed by atoms with Crippen molar-refractivity contribution in [2.24, 2.45) is 0 Å². The van der Waals surface area contributed by atoms with Crippen molar-refractivity contribution < 1.29 is 18.7 Å². The minimum atomic E-state index is -1.53. The summed E-state index contributed by atoms with van der Waals surface area (Å²) < 4.78 is 22.8. The second-order valence-corrected chi connectivity index (χ2v) is 4.47. The molecule has 14 heavy (non-hydrogen) atoms. The molecule has 0 rings (SSSR count). The molecule has 0 amide bonds. The molecule has 0 spiro atoms. The highest BCUT2D eigenvalue weighted by Gasteiger charge is 2.22. The minimum absolute atomic E-state index is 0.00644. The number of halogens is 2. The van der Waals surface area contributed by atoms with Crippen LogP contribution in [0.5, 0.6) is 0 Å². The van der Waals surface area contributed by atoms with Crippen molar-refractivity contribution in [2.75, 3.05) is 19.8 Å². The molecule has 0 saturated heterocycles. The molecule has 0 aliphatic carbocycles. The predicted octanol–water partition coefficient (Wildman–Crippen LogP) is 2.12. The van der Waals surface area contributed by atoms with Gasteiger partial charge >= 0.3 is 5.97 Å². The van der Waals surface area contributed by atoms with E-state index in [1.54, 1.807) is 6.92 Å². The largest absolute Gasteiger partial charge is 0.464 e. The van der Waals surface area contributed by atoms with Crippen LogP contribution in [0.2, 0.25) is 0 Å². The number of carbonyl (C=O) groups is 1. The Morgan fingerprint density at radius 3 is 2.57 bits per heavy atom. The number of rotatable bonds is 7. The predicted molar refractivity (Wildman–Crippen MR) is 60.4 cm³/mol. The number of ether oxygens (including phenoxy) is 2. The average molecular weight is 318 g/mol. The van der Waals surface area contributed by atoms with Gasteiger partial charge in [-0.1, -0.05) is 22.6 Å². The highest BCUT2D eigenvalue weighted by Crippen LogP contribution is 2.13. The van der Waals surface area contributed by atoms with Crippen molar-refractivity contribution >= 4 is 28.6 Å². The van der Waals surface area contributed by atoms with Gasteiger partial charge in [0, 0.05) is 17.0 Å². The van der Waals surface area contributed by atoms with Crippen molar-refractivity contribution in [1.82, 2.24) is 0 Å². The fraction of sp³-hybridized carbons (Fsp3) is 0.889. The van der Waals surface area contributed by atoms with E-state index in [-0.39, 0.29) is 17.0 Å². The summed E-state index contributed by atoms with van der Waals surface area (Å²) in [5.74, 6) is -0.773. The van der Waals surface area contributed by atoms with E-state index in [1.807, 2.05) is 6.92 Å². The molecular weight excluding hydrogens is 302 g/mol. The average Bonchev–Trinajstić information content (AvgIpc) is 2.15. The second kappa shape index (κ2) is 8.40. The number of hydrogen-bond acceptors (Lipinski definition) is 3. The van der Waals surface area contributed by atoms with E-state index in [9.17, 15) is 9.18 Å². The summed E-state index contributed by atoms with van der Waals surface area (Å²) >= 11 is 2.07. The van der Waals surface area contributed by atoms with Crippen LogP contribution >= 0.6 is 22.6 Å². The van der Waals surface area contributed by atoms with Crippen molar-refractivity contribution in [3.8, 4) is 0 Å². The molecule has 0 aromatic carbocycles. The Bertz CT molecular complexity index is 166. The molecule has 0 aliphatic rings. The molecule has 0 aromatic heterocycles. The zero-order valence-corrected chi connectivity index (χ0v) is 10.6. The van der Waals surface area contributed by atoms with E-state index in [4.69, 9.17) is 4.74 Å². The lowest BCUT2D eigenvalue weighted by Crippen LogP contribution is -2.24. The third kappa shape index (κ3) is 6.53. The van der Waals surface area contributed by atoms with Crippen LogP contribution in [0.4, 0.5) is 4.39 Å². The number of carbonyl (C=O) groups excluding carboxylic acids is 1. The molecule has 0 N–H and O–H groups in total. The Morgan fingerprint density at radius 1 is 1.43 bits per heavy atom. The Morgan fingerprint density at radius 2 is 2.07 bits per heavy atom. The van der Waals surface area contributed by atoms with Gasteiger partial charge in [-0.2, -0.15) is 0 Å². The van der Waals surface area contributed by atoms with Crippen LogP contribution in [0, 0.1) is 0 Å². The standard InChI is InChI=1S/C9H16FIO3/c1-3-13-6-7(11)5-8(10)9(12)14-4-2/h7-8H,3-6H2,1-2H3. The monoisotopic (exact) mass is 318 g/mol. The van der Waals surface area contributed by atoms with Gasteiger partial charge in [-0.3, -0.25) is 0 Å². The van der Waals surface area contributed by atoms with Crippen LogP contribution < -0.4 is 0 Å². The van der Waals surface area contributed by atoms with E-state index < -0.39 is 12.1 Å². The summed E-state index contributed by atoms with van der Waals surface area (Å²) in [7, 11) is 0. The van der Waals surface area contributed by atoms with Crippen molar-refractivity contribution in [1.29, 1.82) is 0 Å². The zero-order valence-electron chi connectivity index (χ0n) is 8.46. The van der Waals surface area contributed by atoms with Crippen LogP contribution in [0.15, 0.2) is 0 Å².